The molecule has 0 aliphatic carbocycles. The number of piperazine rings is 1. The Morgan fingerprint density at radius 2 is 2.14 bits per heavy atom. The van der Waals surface area contributed by atoms with E-state index in [1.165, 1.54) is 0 Å². The van der Waals surface area contributed by atoms with E-state index in [-0.39, 0.29) is 12.3 Å². The van der Waals surface area contributed by atoms with Crippen molar-refractivity contribution in [1.82, 2.24) is 19.9 Å². The molecule has 8 heteroatoms. The van der Waals surface area contributed by atoms with Crippen LogP contribution in [0.15, 0.2) is 18.3 Å². The summed E-state index contributed by atoms with van der Waals surface area (Å²) in [6.45, 7) is 4.46. The summed E-state index contributed by atoms with van der Waals surface area (Å²) in [7, 11) is -1.72. The second-order valence-corrected chi connectivity index (χ2v) is 6.87. The summed E-state index contributed by atoms with van der Waals surface area (Å²) in [5.41, 5.74) is 0.807. The third kappa shape index (κ3) is 5.58. The highest BCUT2D eigenvalue weighted by Crippen LogP contribution is 2.06. The minimum Gasteiger partial charge on any atom is -0.481 e. The van der Waals surface area contributed by atoms with Crippen molar-refractivity contribution in [2.24, 2.45) is 0 Å². The molecule has 2 N–H and O–H groups in total. The summed E-state index contributed by atoms with van der Waals surface area (Å²) in [6.07, 6.45) is 1.61. The molecule has 1 saturated heterocycles. The van der Waals surface area contributed by atoms with Crippen LogP contribution >= 0.6 is 0 Å². The van der Waals surface area contributed by atoms with Gasteiger partial charge >= 0.3 is 0 Å². The van der Waals surface area contributed by atoms with Gasteiger partial charge in [0.1, 0.15) is 0 Å². The fraction of sp³-hybridized carbons (Fsp3) is 0.615. The molecular formula is C13H22N4O3S. The predicted molar refractivity (Wildman–Crippen MR) is 80.7 cm³/mol. The van der Waals surface area contributed by atoms with Gasteiger partial charge in [0.2, 0.25) is 15.9 Å². The first-order valence-electron chi connectivity index (χ1n) is 6.98. The zero-order valence-electron chi connectivity index (χ0n) is 12.2. The smallest absolute Gasteiger partial charge is 0.213 e. The molecule has 1 aromatic heterocycles. The molecule has 7 nitrogen and oxygen atoms in total. The van der Waals surface area contributed by atoms with Gasteiger partial charge in [-0.3, -0.25) is 4.90 Å². The normalized spacial score (nSPS) is 16.8. The fourth-order valence-electron chi connectivity index (χ4n) is 2.09. The van der Waals surface area contributed by atoms with Gasteiger partial charge in [-0.25, -0.2) is 18.1 Å². The first-order chi connectivity index (χ1) is 10.1. The molecule has 1 aromatic rings. The van der Waals surface area contributed by atoms with Crippen molar-refractivity contribution >= 4 is 10.0 Å². The van der Waals surface area contributed by atoms with Gasteiger partial charge in [0, 0.05) is 51.5 Å². The Hall–Kier alpha value is -1.22. The molecule has 0 aromatic carbocycles. The summed E-state index contributed by atoms with van der Waals surface area (Å²) in [6, 6.07) is 3.51. The van der Waals surface area contributed by atoms with Gasteiger partial charge in [0.25, 0.3) is 0 Å². The Balaban J connectivity index is 1.77. The summed E-state index contributed by atoms with van der Waals surface area (Å²) >= 11 is 0. The molecule has 0 atom stereocenters. The van der Waals surface area contributed by atoms with Gasteiger partial charge in [-0.1, -0.05) is 6.07 Å². The minimum atomic E-state index is -3.27. The van der Waals surface area contributed by atoms with E-state index in [2.05, 4.69) is 19.9 Å². The summed E-state index contributed by atoms with van der Waals surface area (Å²) in [5, 5.41) is 3.24. The second-order valence-electron chi connectivity index (χ2n) is 4.94. The molecule has 0 saturated carbocycles. The van der Waals surface area contributed by atoms with E-state index in [4.69, 9.17) is 4.74 Å². The van der Waals surface area contributed by atoms with Crippen LogP contribution in [0.3, 0.4) is 0 Å². The van der Waals surface area contributed by atoms with E-state index in [0.717, 1.165) is 31.7 Å². The highest BCUT2D eigenvalue weighted by Gasteiger charge is 2.15. The lowest BCUT2D eigenvalue weighted by Gasteiger charge is -2.26. The summed E-state index contributed by atoms with van der Waals surface area (Å²) in [5.74, 6) is 0.636. The molecular weight excluding hydrogens is 292 g/mol. The number of hydrogen-bond donors (Lipinski definition) is 2. The number of rotatable bonds is 7. The van der Waals surface area contributed by atoms with Crippen molar-refractivity contribution in [2.75, 3.05) is 45.6 Å². The molecule has 118 valence electrons. The number of pyridine rings is 1. The van der Waals surface area contributed by atoms with E-state index < -0.39 is 10.0 Å². The second kappa shape index (κ2) is 7.69. The Kier molecular flexibility index (Phi) is 5.92. The Morgan fingerprint density at radius 3 is 2.76 bits per heavy atom. The largest absolute Gasteiger partial charge is 0.481 e. The van der Waals surface area contributed by atoms with Crippen LogP contribution < -0.4 is 14.8 Å². The maximum absolute atomic E-state index is 12.0. The Morgan fingerprint density at radius 1 is 1.38 bits per heavy atom. The van der Waals surface area contributed by atoms with Crippen molar-refractivity contribution in [3.63, 3.8) is 0 Å². The van der Waals surface area contributed by atoms with E-state index in [9.17, 15) is 8.42 Å². The molecule has 0 radical (unpaired) electrons. The maximum Gasteiger partial charge on any atom is 0.213 e. The van der Waals surface area contributed by atoms with Crippen molar-refractivity contribution in [1.29, 1.82) is 0 Å². The molecule has 1 fully saturated rings. The van der Waals surface area contributed by atoms with Gasteiger partial charge in [-0.05, 0) is 5.56 Å². The van der Waals surface area contributed by atoms with Crippen LogP contribution in [0.2, 0.25) is 0 Å². The molecule has 0 amide bonds. The zero-order valence-corrected chi connectivity index (χ0v) is 13.0. The van der Waals surface area contributed by atoms with Crippen molar-refractivity contribution in [3.8, 4) is 5.88 Å². The quantitative estimate of drug-likeness (QED) is 0.700. The van der Waals surface area contributed by atoms with E-state index in [0.29, 0.717) is 12.4 Å². The third-order valence-electron chi connectivity index (χ3n) is 3.39. The van der Waals surface area contributed by atoms with E-state index in [1.54, 1.807) is 25.4 Å². The van der Waals surface area contributed by atoms with E-state index >= 15 is 0 Å². The molecule has 21 heavy (non-hydrogen) atoms. The first kappa shape index (κ1) is 16.2. The average Bonchev–Trinajstić information content (AvgIpc) is 2.53. The molecule has 2 heterocycles. The number of aromatic nitrogens is 1. The maximum atomic E-state index is 12.0. The van der Waals surface area contributed by atoms with Gasteiger partial charge in [-0.2, -0.15) is 0 Å². The number of ether oxygens (including phenoxy) is 1. The molecule has 0 bridgehead atoms. The van der Waals surface area contributed by atoms with Gasteiger partial charge < -0.3 is 10.1 Å². The van der Waals surface area contributed by atoms with Crippen LogP contribution in [-0.2, 0) is 16.6 Å². The molecule has 1 aliphatic rings. The third-order valence-corrected chi connectivity index (χ3v) is 4.69. The molecule has 0 spiro atoms. The molecule has 0 unspecified atom stereocenters. The zero-order chi connectivity index (χ0) is 15.1. The van der Waals surface area contributed by atoms with Crippen LogP contribution in [0.5, 0.6) is 5.88 Å². The predicted octanol–water partition coefficient (Wildman–Crippen LogP) is -0.585. The SMILES string of the molecule is COc1ccc(CNS(=O)(=O)CCN2CCNCC2)cn1. The minimum absolute atomic E-state index is 0.122. The number of nitrogens with zero attached hydrogens (tertiary/aromatic N) is 2. The van der Waals surface area contributed by atoms with Crippen molar-refractivity contribution < 1.29 is 13.2 Å². The van der Waals surface area contributed by atoms with Crippen LogP contribution in [0.4, 0.5) is 0 Å². The van der Waals surface area contributed by atoms with E-state index in [1.807, 2.05) is 0 Å². The lowest BCUT2D eigenvalue weighted by atomic mass is 10.3. The first-order valence-corrected chi connectivity index (χ1v) is 8.63. The van der Waals surface area contributed by atoms with Crippen molar-refractivity contribution in [3.05, 3.63) is 23.9 Å². The van der Waals surface area contributed by atoms with Crippen LogP contribution in [0, 0.1) is 0 Å². The highest BCUT2D eigenvalue weighted by atomic mass is 32.2. The lowest BCUT2D eigenvalue weighted by Crippen LogP contribution is -2.45. The highest BCUT2D eigenvalue weighted by molar-refractivity contribution is 7.89. The van der Waals surface area contributed by atoms with Crippen LogP contribution in [-0.4, -0.2) is 63.9 Å². The lowest BCUT2D eigenvalue weighted by molar-refractivity contribution is 0.253. The number of hydrogen-bond acceptors (Lipinski definition) is 6. The monoisotopic (exact) mass is 314 g/mol. The topological polar surface area (TPSA) is 83.6 Å². The molecule has 2 rings (SSSR count). The van der Waals surface area contributed by atoms with Crippen LogP contribution in [0.25, 0.3) is 0 Å². The van der Waals surface area contributed by atoms with Gasteiger partial charge in [0.05, 0.1) is 12.9 Å². The fourth-order valence-corrected chi connectivity index (χ4v) is 3.12. The Bertz CT molecular complexity index is 527. The average molecular weight is 314 g/mol. The number of methoxy groups -OCH3 is 1. The Labute approximate surface area is 125 Å². The summed E-state index contributed by atoms with van der Waals surface area (Å²) in [4.78, 5) is 6.20. The van der Waals surface area contributed by atoms with Crippen molar-refractivity contribution in [2.45, 2.75) is 6.54 Å². The number of nitrogens with one attached hydrogen (secondary N) is 2. The summed E-state index contributed by atoms with van der Waals surface area (Å²) < 4.78 is 31.5. The number of sulfonamides is 1. The molecule has 1 aliphatic heterocycles. The standard InChI is InChI=1S/C13H22N4O3S/c1-20-13-3-2-12(10-15-13)11-16-21(18,19)9-8-17-6-4-14-5-7-17/h2-3,10,14,16H,4-9,11H2,1H3. The van der Waals surface area contributed by atoms with Gasteiger partial charge in [0.15, 0.2) is 0 Å². The van der Waals surface area contributed by atoms with Gasteiger partial charge in [-0.15, -0.1) is 0 Å². The van der Waals surface area contributed by atoms with Crippen LogP contribution in [0.1, 0.15) is 5.56 Å².